The van der Waals surface area contributed by atoms with E-state index < -0.39 is 18.1 Å². The molecule has 0 unspecified atom stereocenters. The summed E-state index contributed by atoms with van der Waals surface area (Å²) in [6.45, 7) is 0.139. The summed E-state index contributed by atoms with van der Waals surface area (Å²) in [6, 6.07) is -0.525. The molecule has 1 fully saturated rings. The molecule has 1 aliphatic heterocycles. The van der Waals surface area contributed by atoms with Crippen molar-refractivity contribution in [1.82, 2.24) is 0 Å². The van der Waals surface area contributed by atoms with Gasteiger partial charge < -0.3 is 15.6 Å². The summed E-state index contributed by atoms with van der Waals surface area (Å²) in [5, 5.41) is 8.67. The van der Waals surface area contributed by atoms with Gasteiger partial charge in [-0.25, -0.2) is 4.79 Å². The van der Waals surface area contributed by atoms with E-state index in [1.807, 2.05) is 0 Å². The van der Waals surface area contributed by atoms with Gasteiger partial charge in [-0.3, -0.25) is 0 Å². The van der Waals surface area contributed by atoms with Crippen LogP contribution in [0.15, 0.2) is 0 Å². The summed E-state index contributed by atoms with van der Waals surface area (Å²) in [5.74, 6) is -0.613. The molecule has 1 aliphatic rings. The minimum atomic E-state index is -1.10. The Morgan fingerprint density at radius 1 is 1.88 bits per heavy atom. The van der Waals surface area contributed by atoms with Crippen LogP contribution >= 0.6 is 0 Å². The number of carbonyl (C=O) groups excluding carboxylic acids is 1. The van der Waals surface area contributed by atoms with E-state index in [4.69, 9.17) is 10.8 Å². The topological polar surface area (TPSA) is 72.5 Å². The van der Waals surface area contributed by atoms with Crippen LogP contribution in [0.2, 0.25) is 0 Å². The molecule has 2 atom stereocenters. The first-order valence-electron chi connectivity index (χ1n) is 2.32. The molecule has 46 valence electrons. The first-order chi connectivity index (χ1) is 3.72. The molecule has 0 spiro atoms. The van der Waals surface area contributed by atoms with Gasteiger partial charge in [0.15, 0.2) is 6.10 Å². The molecule has 8 heavy (non-hydrogen) atoms. The van der Waals surface area contributed by atoms with Crippen molar-refractivity contribution in [3.63, 3.8) is 0 Å². The molecular formula is C4H7NO3. The molecule has 0 amide bonds. The van der Waals surface area contributed by atoms with Crippen molar-refractivity contribution in [2.75, 3.05) is 6.61 Å². The van der Waals surface area contributed by atoms with Crippen molar-refractivity contribution >= 4 is 5.97 Å². The molecule has 0 aliphatic carbocycles. The van der Waals surface area contributed by atoms with Crippen LogP contribution in [0.1, 0.15) is 0 Å². The van der Waals surface area contributed by atoms with E-state index >= 15 is 0 Å². The lowest BCUT2D eigenvalue weighted by molar-refractivity contribution is -0.144. The minimum Gasteiger partial charge on any atom is -0.462 e. The Labute approximate surface area is 46.2 Å². The predicted octanol–water partition coefficient (Wildman–Crippen LogP) is -1.77. The minimum absolute atomic E-state index is 0.139. The van der Waals surface area contributed by atoms with Gasteiger partial charge in [0.1, 0.15) is 6.61 Å². The van der Waals surface area contributed by atoms with Crippen molar-refractivity contribution in [2.24, 2.45) is 5.73 Å². The Balaban J connectivity index is 2.56. The molecular weight excluding hydrogens is 110 g/mol. The zero-order valence-corrected chi connectivity index (χ0v) is 4.20. The third kappa shape index (κ3) is 0.677. The number of rotatable bonds is 0. The van der Waals surface area contributed by atoms with Crippen LogP contribution in [0.25, 0.3) is 0 Å². The van der Waals surface area contributed by atoms with Gasteiger partial charge in [0.2, 0.25) is 0 Å². The highest BCUT2D eigenvalue weighted by atomic mass is 16.6. The zero-order chi connectivity index (χ0) is 6.15. The number of esters is 1. The van der Waals surface area contributed by atoms with Crippen molar-refractivity contribution in [1.29, 1.82) is 0 Å². The van der Waals surface area contributed by atoms with E-state index in [9.17, 15) is 4.79 Å². The maximum absolute atomic E-state index is 10.2. The van der Waals surface area contributed by atoms with Crippen molar-refractivity contribution in [2.45, 2.75) is 12.1 Å². The van der Waals surface area contributed by atoms with Crippen LogP contribution in [-0.2, 0) is 9.53 Å². The van der Waals surface area contributed by atoms with Gasteiger partial charge in [-0.15, -0.1) is 0 Å². The molecule has 0 aromatic carbocycles. The highest BCUT2D eigenvalue weighted by molar-refractivity contribution is 5.77. The zero-order valence-electron chi connectivity index (χ0n) is 4.20. The van der Waals surface area contributed by atoms with E-state index in [-0.39, 0.29) is 6.61 Å². The molecule has 3 N–H and O–H groups in total. The van der Waals surface area contributed by atoms with Crippen molar-refractivity contribution < 1.29 is 14.6 Å². The molecule has 1 rings (SSSR count). The molecule has 0 aromatic heterocycles. The summed E-state index contributed by atoms with van der Waals surface area (Å²) in [5.41, 5.74) is 5.17. The number of carbonyl (C=O) groups is 1. The van der Waals surface area contributed by atoms with Gasteiger partial charge in [0.05, 0.1) is 6.04 Å². The second kappa shape index (κ2) is 1.72. The van der Waals surface area contributed by atoms with E-state index in [1.165, 1.54) is 0 Å². The molecule has 1 heterocycles. The number of ether oxygens (including phenoxy) is 1. The SMILES string of the molecule is N[C@H]1COC(=O)[C@H]1O. The van der Waals surface area contributed by atoms with Gasteiger partial charge in [-0.2, -0.15) is 0 Å². The van der Waals surface area contributed by atoms with Crippen LogP contribution in [-0.4, -0.2) is 29.8 Å². The smallest absolute Gasteiger partial charge is 0.336 e. The largest absolute Gasteiger partial charge is 0.462 e. The second-order valence-corrected chi connectivity index (χ2v) is 1.74. The van der Waals surface area contributed by atoms with Gasteiger partial charge >= 0.3 is 5.97 Å². The number of aliphatic hydroxyl groups excluding tert-OH is 1. The van der Waals surface area contributed by atoms with Crippen LogP contribution < -0.4 is 5.73 Å². The summed E-state index contributed by atoms with van der Waals surface area (Å²) >= 11 is 0. The average molecular weight is 117 g/mol. The maximum Gasteiger partial charge on any atom is 0.336 e. The van der Waals surface area contributed by atoms with Gasteiger partial charge in [0.25, 0.3) is 0 Å². The highest BCUT2D eigenvalue weighted by Crippen LogP contribution is 2.02. The lowest BCUT2D eigenvalue weighted by atomic mass is 10.2. The second-order valence-electron chi connectivity index (χ2n) is 1.74. The molecule has 1 saturated heterocycles. The fourth-order valence-corrected chi connectivity index (χ4v) is 0.530. The summed E-state index contributed by atoms with van der Waals surface area (Å²) in [4.78, 5) is 10.2. The normalized spacial score (nSPS) is 37.5. The first kappa shape index (κ1) is 5.53. The van der Waals surface area contributed by atoms with Crippen LogP contribution in [0.5, 0.6) is 0 Å². The quantitative estimate of drug-likeness (QED) is 0.368. The molecule has 0 saturated carbocycles. The van der Waals surface area contributed by atoms with E-state index in [1.54, 1.807) is 0 Å². The first-order valence-corrected chi connectivity index (χ1v) is 2.32. The third-order valence-corrected chi connectivity index (χ3v) is 1.07. The van der Waals surface area contributed by atoms with Crippen LogP contribution in [0.4, 0.5) is 0 Å². The van der Waals surface area contributed by atoms with Gasteiger partial charge in [-0.1, -0.05) is 0 Å². The Morgan fingerprint density at radius 3 is 2.62 bits per heavy atom. The Morgan fingerprint density at radius 2 is 2.50 bits per heavy atom. The van der Waals surface area contributed by atoms with Crippen LogP contribution in [0.3, 0.4) is 0 Å². The third-order valence-electron chi connectivity index (χ3n) is 1.07. The summed E-state index contributed by atoms with van der Waals surface area (Å²) in [7, 11) is 0. The van der Waals surface area contributed by atoms with Gasteiger partial charge in [0, 0.05) is 0 Å². The van der Waals surface area contributed by atoms with Crippen molar-refractivity contribution in [3.05, 3.63) is 0 Å². The lowest BCUT2D eigenvalue weighted by Gasteiger charge is -1.98. The number of aliphatic hydroxyl groups is 1. The van der Waals surface area contributed by atoms with E-state index in [0.717, 1.165) is 0 Å². The average Bonchev–Trinajstić information content (AvgIpc) is 1.98. The fourth-order valence-electron chi connectivity index (χ4n) is 0.530. The molecule has 4 nitrogen and oxygen atoms in total. The number of nitrogens with two attached hydrogens (primary N) is 1. The predicted molar refractivity (Wildman–Crippen MR) is 24.9 cm³/mol. The van der Waals surface area contributed by atoms with Crippen molar-refractivity contribution in [3.8, 4) is 0 Å². The van der Waals surface area contributed by atoms with Crippen LogP contribution in [0, 0.1) is 0 Å². The summed E-state index contributed by atoms with van der Waals surface area (Å²) < 4.78 is 4.36. The summed E-state index contributed by atoms with van der Waals surface area (Å²) in [6.07, 6.45) is -1.10. The number of hydrogen-bond acceptors (Lipinski definition) is 4. The molecule has 0 aromatic rings. The van der Waals surface area contributed by atoms with Gasteiger partial charge in [-0.05, 0) is 0 Å². The van der Waals surface area contributed by atoms with E-state index in [0.29, 0.717) is 0 Å². The number of cyclic esters (lactones) is 1. The monoisotopic (exact) mass is 117 g/mol. The standard InChI is InChI=1S/C4H7NO3/c5-2-1-8-4(7)3(2)6/h2-3,6H,1,5H2/t2-,3-/m0/s1. The Bertz CT molecular complexity index is 114. The molecule has 0 radical (unpaired) electrons. The lowest BCUT2D eigenvalue weighted by Crippen LogP contribution is -2.34. The molecule has 0 bridgehead atoms. The fraction of sp³-hybridized carbons (Fsp3) is 0.750. The number of hydrogen-bond donors (Lipinski definition) is 2. The Hall–Kier alpha value is -0.610. The highest BCUT2D eigenvalue weighted by Gasteiger charge is 2.31. The molecule has 4 heteroatoms. The van der Waals surface area contributed by atoms with E-state index in [2.05, 4.69) is 4.74 Å². The Kier molecular flexibility index (Phi) is 1.19. The maximum atomic E-state index is 10.2.